The van der Waals surface area contributed by atoms with Crippen molar-refractivity contribution >= 4 is 0 Å². The number of hydrogen-bond donors (Lipinski definition) is 1. The molecule has 0 saturated heterocycles. The van der Waals surface area contributed by atoms with E-state index in [4.69, 9.17) is 20.2 Å². The number of hydrogen-bond acceptors (Lipinski definition) is 4. The number of rotatable bonds is 5. The molecule has 1 rings (SSSR count). The van der Waals surface area contributed by atoms with Crippen molar-refractivity contribution in [2.24, 2.45) is 5.90 Å². The van der Waals surface area contributed by atoms with E-state index in [-0.39, 0.29) is 5.41 Å². The van der Waals surface area contributed by atoms with Gasteiger partial charge in [-0.1, -0.05) is 13.8 Å². The lowest BCUT2D eigenvalue weighted by molar-refractivity contribution is 0.0962. The van der Waals surface area contributed by atoms with E-state index in [2.05, 4.69) is 0 Å². The van der Waals surface area contributed by atoms with Gasteiger partial charge in [-0.3, -0.25) is 0 Å². The molecule has 0 aliphatic heterocycles. The highest BCUT2D eigenvalue weighted by molar-refractivity contribution is 5.41. The van der Waals surface area contributed by atoms with Crippen LogP contribution in [-0.4, -0.2) is 20.8 Å². The van der Waals surface area contributed by atoms with E-state index in [1.807, 2.05) is 32.0 Å². The summed E-state index contributed by atoms with van der Waals surface area (Å²) >= 11 is 0. The summed E-state index contributed by atoms with van der Waals surface area (Å²) in [6.45, 7) is 4.53. The summed E-state index contributed by atoms with van der Waals surface area (Å²) in [7, 11) is 3.26. The van der Waals surface area contributed by atoms with Gasteiger partial charge in [0.1, 0.15) is 11.5 Å². The third kappa shape index (κ3) is 2.87. The molecule has 0 fully saturated rings. The minimum absolute atomic E-state index is 0.184. The van der Waals surface area contributed by atoms with Crippen molar-refractivity contribution in [2.45, 2.75) is 19.3 Å². The SMILES string of the molecule is COc1cc(OC)cc(C(C)(C)CON)c1. The lowest BCUT2D eigenvalue weighted by Crippen LogP contribution is -2.26. The molecule has 16 heavy (non-hydrogen) atoms. The van der Waals surface area contributed by atoms with Gasteiger partial charge in [0.2, 0.25) is 0 Å². The van der Waals surface area contributed by atoms with Crippen LogP contribution in [0.5, 0.6) is 11.5 Å². The van der Waals surface area contributed by atoms with E-state index < -0.39 is 0 Å². The minimum Gasteiger partial charge on any atom is -0.497 e. The van der Waals surface area contributed by atoms with Crippen LogP contribution < -0.4 is 15.4 Å². The summed E-state index contributed by atoms with van der Waals surface area (Å²) in [5.41, 5.74) is 0.880. The molecule has 0 heterocycles. The lowest BCUT2D eigenvalue weighted by atomic mass is 9.85. The van der Waals surface area contributed by atoms with E-state index >= 15 is 0 Å². The predicted octanol–water partition coefficient (Wildman–Crippen LogP) is 1.87. The molecule has 4 nitrogen and oxygen atoms in total. The Hall–Kier alpha value is -1.26. The highest BCUT2D eigenvalue weighted by Crippen LogP contribution is 2.31. The van der Waals surface area contributed by atoms with Gasteiger partial charge < -0.3 is 14.3 Å². The van der Waals surface area contributed by atoms with Gasteiger partial charge in [0.25, 0.3) is 0 Å². The Morgan fingerprint density at radius 1 is 1.06 bits per heavy atom. The minimum atomic E-state index is -0.184. The zero-order valence-electron chi connectivity index (χ0n) is 10.2. The third-order valence-corrected chi connectivity index (χ3v) is 2.58. The van der Waals surface area contributed by atoms with Crippen LogP contribution in [0.25, 0.3) is 0 Å². The molecule has 90 valence electrons. The van der Waals surface area contributed by atoms with E-state index in [0.717, 1.165) is 17.1 Å². The quantitative estimate of drug-likeness (QED) is 0.777. The highest BCUT2D eigenvalue weighted by atomic mass is 16.6. The fourth-order valence-corrected chi connectivity index (χ4v) is 1.49. The van der Waals surface area contributed by atoms with Crippen molar-refractivity contribution in [2.75, 3.05) is 20.8 Å². The fraction of sp³-hybridized carbons (Fsp3) is 0.500. The molecule has 4 heteroatoms. The van der Waals surface area contributed by atoms with Crippen molar-refractivity contribution in [3.63, 3.8) is 0 Å². The highest BCUT2D eigenvalue weighted by Gasteiger charge is 2.22. The fourth-order valence-electron chi connectivity index (χ4n) is 1.49. The molecule has 1 aromatic rings. The van der Waals surface area contributed by atoms with Crippen LogP contribution in [0.2, 0.25) is 0 Å². The molecule has 1 aromatic carbocycles. The average molecular weight is 225 g/mol. The predicted molar refractivity (Wildman–Crippen MR) is 62.7 cm³/mol. The Bertz CT molecular complexity index is 328. The largest absolute Gasteiger partial charge is 0.497 e. The maximum absolute atomic E-state index is 5.22. The summed E-state index contributed by atoms with van der Waals surface area (Å²) in [6.07, 6.45) is 0. The van der Waals surface area contributed by atoms with Gasteiger partial charge in [-0.05, 0) is 17.7 Å². The molecule has 0 spiro atoms. The first-order valence-electron chi connectivity index (χ1n) is 5.08. The Balaban J connectivity index is 3.11. The van der Waals surface area contributed by atoms with E-state index in [1.54, 1.807) is 14.2 Å². The second-order valence-electron chi connectivity index (χ2n) is 4.30. The van der Waals surface area contributed by atoms with Crippen molar-refractivity contribution < 1.29 is 14.3 Å². The molecule has 0 aliphatic carbocycles. The number of nitrogens with two attached hydrogens (primary N) is 1. The van der Waals surface area contributed by atoms with Gasteiger partial charge in [0.15, 0.2) is 0 Å². The Labute approximate surface area is 96.3 Å². The normalized spacial score (nSPS) is 11.3. The van der Waals surface area contributed by atoms with Crippen LogP contribution in [0.1, 0.15) is 19.4 Å². The van der Waals surface area contributed by atoms with Crippen LogP contribution >= 0.6 is 0 Å². The second kappa shape index (κ2) is 5.18. The third-order valence-electron chi connectivity index (χ3n) is 2.58. The van der Waals surface area contributed by atoms with E-state index in [0.29, 0.717) is 6.61 Å². The summed E-state index contributed by atoms with van der Waals surface area (Å²) in [6, 6.07) is 5.76. The lowest BCUT2D eigenvalue weighted by Gasteiger charge is -2.24. The van der Waals surface area contributed by atoms with E-state index in [9.17, 15) is 0 Å². The van der Waals surface area contributed by atoms with Gasteiger partial charge in [0.05, 0.1) is 20.8 Å². The van der Waals surface area contributed by atoms with Gasteiger partial charge in [0, 0.05) is 11.5 Å². The Morgan fingerprint density at radius 3 is 1.94 bits per heavy atom. The van der Waals surface area contributed by atoms with Gasteiger partial charge in [-0.25, -0.2) is 5.90 Å². The molecule has 0 unspecified atom stereocenters. The van der Waals surface area contributed by atoms with Gasteiger partial charge >= 0.3 is 0 Å². The molecule has 0 bridgehead atoms. The maximum atomic E-state index is 5.22. The molecule has 0 atom stereocenters. The monoisotopic (exact) mass is 225 g/mol. The van der Waals surface area contributed by atoms with Crippen molar-refractivity contribution in [1.82, 2.24) is 0 Å². The maximum Gasteiger partial charge on any atom is 0.122 e. The summed E-state index contributed by atoms with van der Waals surface area (Å²) in [4.78, 5) is 4.73. The van der Waals surface area contributed by atoms with Crippen molar-refractivity contribution in [3.8, 4) is 11.5 Å². The van der Waals surface area contributed by atoms with Gasteiger partial charge in [-0.15, -0.1) is 0 Å². The average Bonchev–Trinajstić information content (AvgIpc) is 2.28. The molecule has 0 saturated carbocycles. The zero-order valence-corrected chi connectivity index (χ0v) is 10.2. The standard InChI is InChI=1S/C12H19NO3/c1-12(2,8-16-13)9-5-10(14-3)7-11(6-9)15-4/h5-7H,8,13H2,1-4H3. The first-order valence-corrected chi connectivity index (χ1v) is 5.08. The second-order valence-corrected chi connectivity index (χ2v) is 4.30. The topological polar surface area (TPSA) is 53.7 Å². The Morgan fingerprint density at radius 2 is 1.56 bits per heavy atom. The number of ether oxygens (including phenoxy) is 2. The Kier molecular flexibility index (Phi) is 4.15. The van der Waals surface area contributed by atoms with Crippen LogP contribution in [0, 0.1) is 0 Å². The van der Waals surface area contributed by atoms with Crippen LogP contribution in [0.15, 0.2) is 18.2 Å². The smallest absolute Gasteiger partial charge is 0.122 e. The van der Waals surface area contributed by atoms with Gasteiger partial charge in [-0.2, -0.15) is 0 Å². The molecule has 0 radical (unpaired) electrons. The van der Waals surface area contributed by atoms with Crippen LogP contribution in [-0.2, 0) is 10.3 Å². The van der Waals surface area contributed by atoms with Crippen LogP contribution in [0.4, 0.5) is 0 Å². The molecule has 0 aromatic heterocycles. The molecular weight excluding hydrogens is 206 g/mol. The molecule has 0 aliphatic rings. The summed E-state index contributed by atoms with van der Waals surface area (Å²) in [5, 5.41) is 0. The first-order chi connectivity index (χ1) is 7.53. The first kappa shape index (κ1) is 12.8. The molecular formula is C12H19NO3. The van der Waals surface area contributed by atoms with Crippen molar-refractivity contribution in [3.05, 3.63) is 23.8 Å². The summed E-state index contributed by atoms with van der Waals surface area (Å²) in [5.74, 6) is 6.66. The molecule has 2 N–H and O–H groups in total. The van der Waals surface area contributed by atoms with Crippen LogP contribution in [0.3, 0.4) is 0 Å². The zero-order chi connectivity index (χ0) is 12.2. The number of methoxy groups -OCH3 is 2. The van der Waals surface area contributed by atoms with E-state index in [1.165, 1.54) is 0 Å². The molecule has 0 amide bonds. The number of benzene rings is 1. The van der Waals surface area contributed by atoms with Crippen molar-refractivity contribution in [1.29, 1.82) is 0 Å². The summed E-state index contributed by atoms with van der Waals surface area (Å²) < 4.78 is 10.4.